The third kappa shape index (κ3) is 3.47. The molecule has 138 valence electrons. The monoisotopic (exact) mass is 375 g/mol. The standard InChI is InChI=1S/C18H21N3O4S/c22-8-6-13-3-1-2-7-21(13)17(23)14-10-26-18(20-14)19-12-4-5-15-16(9-12)25-11-24-15/h4-5,9-10,13,22H,1-3,6-8,11H2,(H,19,20). The van der Waals surface area contributed by atoms with Gasteiger partial charge in [0.25, 0.3) is 5.91 Å². The molecule has 1 fully saturated rings. The van der Waals surface area contributed by atoms with Crippen LogP contribution in [-0.4, -0.2) is 46.9 Å². The number of aromatic nitrogens is 1. The molecular formula is C18H21N3O4S. The Bertz CT molecular complexity index is 792. The molecule has 0 spiro atoms. The first-order valence-electron chi connectivity index (χ1n) is 8.78. The molecule has 1 saturated heterocycles. The van der Waals surface area contributed by atoms with Gasteiger partial charge in [-0.1, -0.05) is 0 Å². The first-order chi connectivity index (χ1) is 12.7. The fourth-order valence-electron chi connectivity index (χ4n) is 3.39. The second-order valence-corrected chi connectivity index (χ2v) is 7.25. The molecule has 1 amide bonds. The average molecular weight is 375 g/mol. The van der Waals surface area contributed by atoms with Gasteiger partial charge in [-0.25, -0.2) is 4.98 Å². The molecule has 4 rings (SSSR count). The third-order valence-corrected chi connectivity index (χ3v) is 5.46. The van der Waals surface area contributed by atoms with Gasteiger partial charge in [-0.15, -0.1) is 11.3 Å². The SMILES string of the molecule is O=C(c1csc(Nc2ccc3c(c2)OCO3)n1)N1CCCCC1CCO. The number of aliphatic hydroxyl groups excluding tert-OH is 1. The Hall–Kier alpha value is -2.32. The van der Waals surface area contributed by atoms with E-state index in [1.165, 1.54) is 11.3 Å². The number of nitrogens with zero attached hydrogens (tertiary/aromatic N) is 2. The minimum absolute atomic E-state index is 0.0573. The van der Waals surface area contributed by atoms with Crippen molar-refractivity contribution in [1.82, 2.24) is 9.88 Å². The van der Waals surface area contributed by atoms with Gasteiger partial charge in [-0.05, 0) is 37.8 Å². The van der Waals surface area contributed by atoms with Crippen LogP contribution in [0.15, 0.2) is 23.6 Å². The van der Waals surface area contributed by atoms with Gasteiger partial charge < -0.3 is 24.8 Å². The minimum Gasteiger partial charge on any atom is -0.454 e. The van der Waals surface area contributed by atoms with Crippen LogP contribution in [0.25, 0.3) is 0 Å². The van der Waals surface area contributed by atoms with Gasteiger partial charge >= 0.3 is 0 Å². The Balaban J connectivity index is 1.46. The second kappa shape index (κ2) is 7.51. The van der Waals surface area contributed by atoms with Crippen LogP contribution >= 0.6 is 11.3 Å². The highest BCUT2D eigenvalue weighted by Gasteiger charge is 2.28. The number of rotatable bonds is 5. The predicted octanol–water partition coefficient (Wildman–Crippen LogP) is 2.99. The van der Waals surface area contributed by atoms with Crippen molar-refractivity contribution >= 4 is 28.1 Å². The fraction of sp³-hybridized carbons (Fsp3) is 0.444. The Morgan fingerprint density at radius 2 is 2.23 bits per heavy atom. The molecule has 2 N–H and O–H groups in total. The topological polar surface area (TPSA) is 83.9 Å². The number of carbonyl (C=O) groups excluding carboxylic acids is 1. The zero-order chi connectivity index (χ0) is 17.9. The maximum Gasteiger partial charge on any atom is 0.273 e. The molecule has 2 aliphatic heterocycles. The maximum absolute atomic E-state index is 12.8. The number of fused-ring (bicyclic) bond motifs is 1. The fourth-order valence-corrected chi connectivity index (χ4v) is 4.10. The Kier molecular flexibility index (Phi) is 4.94. The Labute approximate surface area is 155 Å². The van der Waals surface area contributed by atoms with Crippen LogP contribution < -0.4 is 14.8 Å². The number of hydrogen-bond donors (Lipinski definition) is 2. The van der Waals surface area contributed by atoms with Gasteiger partial charge in [0.05, 0.1) is 0 Å². The number of aliphatic hydroxyl groups is 1. The first-order valence-corrected chi connectivity index (χ1v) is 9.66. The third-order valence-electron chi connectivity index (χ3n) is 4.70. The van der Waals surface area contributed by atoms with Crippen molar-refractivity contribution in [3.05, 3.63) is 29.3 Å². The van der Waals surface area contributed by atoms with Gasteiger partial charge in [0.2, 0.25) is 6.79 Å². The first kappa shape index (κ1) is 17.1. The smallest absolute Gasteiger partial charge is 0.273 e. The van der Waals surface area contributed by atoms with Gasteiger partial charge in [-0.3, -0.25) is 4.79 Å². The minimum atomic E-state index is -0.0573. The average Bonchev–Trinajstić information content (AvgIpc) is 3.31. The van der Waals surface area contributed by atoms with Crippen molar-refractivity contribution < 1.29 is 19.4 Å². The summed E-state index contributed by atoms with van der Waals surface area (Å²) in [6, 6.07) is 5.69. The highest BCUT2D eigenvalue weighted by Crippen LogP contribution is 2.35. The van der Waals surface area contributed by atoms with Gasteiger partial charge in [0.15, 0.2) is 16.6 Å². The second-order valence-electron chi connectivity index (χ2n) is 6.39. The summed E-state index contributed by atoms with van der Waals surface area (Å²) in [6.45, 7) is 1.06. The molecule has 2 aliphatic rings. The van der Waals surface area contributed by atoms with Crippen LogP contribution in [0.4, 0.5) is 10.8 Å². The van der Waals surface area contributed by atoms with E-state index in [4.69, 9.17) is 9.47 Å². The molecule has 1 aromatic heterocycles. The maximum atomic E-state index is 12.8. The van der Waals surface area contributed by atoms with Crippen LogP contribution in [0, 0.1) is 0 Å². The Morgan fingerprint density at radius 3 is 3.12 bits per heavy atom. The molecule has 8 heteroatoms. The number of hydrogen-bond acceptors (Lipinski definition) is 7. The van der Waals surface area contributed by atoms with E-state index in [0.717, 1.165) is 37.2 Å². The van der Waals surface area contributed by atoms with Crippen molar-refractivity contribution in [3.8, 4) is 11.5 Å². The van der Waals surface area contributed by atoms with Crippen LogP contribution in [0.3, 0.4) is 0 Å². The summed E-state index contributed by atoms with van der Waals surface area (Å²) < 4.78 is 10.7. The highest BCUT2D eigenvalue weighted by atomic mass is 32.1. The summed E-state index contributed by atoms with van der Waals surface area (Å²) in [5, 5.41) is 14.9. The van der Waals surface area contributed by atoms with Gasteiger partial charge in [0, 0.05) is 36.3 Å². The van der Waals surface area contributed by atoms with E-state index in [9.17, 15) is 9.90 Å². The van der Waals surface area contributed by atoms with E-state index in [2.05, 4.69) is 10.3 Å². The van der Waals surface area contributed by atoms with Crippen LogP contribution in [0.1, 0.15) is 36.2 Å². The molecule has 26 heavy (non-hydrogen) atoms. The number of thiazole rings is 1. The van der Waals surface area contributed by atoms with Gasteiger partial charge in [-0.2, -0.15) is 0 Å². The van der Waals surface area contributed by atoms with E-state index in [-0.39, 0.29) is 25.3 Å². The molecule has 1 unspecified atom stereocenters. The van der Waals surface area contributed by atoms with Crippen LogP contribution in [0.2, 0.25) is 0 Å². The number of carbonyl (C=O) groups is 1. The molecule has 1 aromatic carbocycles. The van der Waals surface area contributed by atoms with Crippen molar-refractivity contribution in [2.45, 2.75) is 31.7 Å². The summed E-state index contributed by atoms with van der Waals surface area (Å²) in [7, 11) is 0. The summed E-state index contributed by atoms with van der Waals surface area (Å²) >= 11 is 1.39. The van der Waals surface area contributed by atoms with Crippen molar-refractivity contribution in [2.75, 3.05) is 25.3 Å². The number of piperidine rings is 1. The molecular weight excluding hydrogens is 354 g/mol. The lowest BCUT2D eigenvalue weighted by molar-refractivity contribution is 0.0569. The van der Waals surface area contributed by atoms with E-state index in [1.54, 1.807) is 5.38 Å². The molecule has 2 aromatic rings. The van der Waals surface area contributed by atoms with Crippen molar-refractivity contribution in [1.29, 1.82) is 0 Å². The molecule has 0 aliphatic carbocycles. The number of ether oxygens (including phenoxy) is 2. The number of nitrogens with one attached hydrogen (secondary N) is 1. The number of benzene rings is 1. The lowest BCUT2D eigenvalue weighted by Crippen LogP contribution is -2.44. The predicted molar refractivity (Wildman–Crippen MR) is 98.3 cm³/mol. The van der Waals surface area contributed by atoms with E-state index < -0.39 is 0 Å². The largest absolute Gasteiger partial charge is 0.454 e. The highest BCUT2D eigenvalue weighted by molar-refractivity contribution is 7.14. The normalized spacial score (nSPS) is 18.8. The van der Waals surface area contributed by atoms with Crippen molar-refractivity contribution in [3.63, 3.8) is 0 Å². The van der Waals surface area contributed by atoms with Crippen LogP contribution in [0.5, 0.6) is 11.5 Å². The number of amides is 1. The van der Waals surface area contributed by atoms with E-state index >= 15 is 0 Å². The molecule has 3 heterocycles. The molecule has 0 saturated carbocycles. The molecule has 1 atom stereocenters. The van der Waals surface area contributed by atoms with Crippen molar-refractivity contribution in [2.24, 2.45) is 0 Å². The molecule has 0 bridgehead atoms. The molecule has 7 nitrogen and oxygen atoms in total. The zero-order valence-corrected chi connectivity index (χ0v) is 15.1. The molecule has 0 radical (unpaired) electrons. The summed E-state index contributed by atoms with van der Waals surface area (Å²) in [5.74, 6) is 1.37. The summed E-state index contributed by atoms with van der Waals surface area (Å²) in [6.07, 6.45) is 3.67. The van der Waals surface area contributed by atoms with Gasteiger partial charge in [0.1, 0.15) is 5.69 Å². The quantitative estimate of drug-likeness (QED) is 0.836. The van der Waals surface area contributed by atoms with Crippen LogP contribution in [-0.2, 0) is 0 Å². The lowest BCUT2D eigenvalue weighted by atomic mass is 9.99. The summed E-state index contributed by atoms with van der Waals surface area (Å²) in [5.41, 5.74) is 1.28. The Morgan fingerprint density at radius 1 is 1.35 bits per heavy atom. The number of likely N-dealkylation sites (tertiary alicyclic amines) is 1. The van der Waals surface area contributed by atoms with E-state index in [1.807, 2.05) is 23.1 Å². The zero-order valence-electron chi connectivity index (χ0n) is 14.3. The summed E-state index contributed by atoms with van der Waals surface area (Å²) in [4.78, 5) is 19.1. The lowest BCUT2D eigenvalue weighted by Gasteiger charge is -2.35. The number of anilines is 2. The van der Waals surface area contributed by atoms with E-state index in [0.29, 0.717) is 23.0 Å².